The molecule has 0 spiro atoms. The molecule has 114 valence electrons. The second kappa shape index (κ2) is 5.46. The minimum absolute atomic E-state index is 0.132. The van der Waals surface area contributed by atoms with E-state index in [1.54, 1.807) is 20.2 Å². The number of benzene rings is 2. The van der Waals surface area contributed by atoms with Gasteiger partial charge in [0.2, 0.25) is 0 Å². The summed E-state index contributed by atoms with van der Waals surface area (Å²) in [6.07, 6.45) is 1.13. The van der Waals surface area contributed by atoms with E-state index in [9.17, 15) is 9.90 Å². The lowest BCUT2D eigenvalue weighted by Gasteiger charge is -2.31. The van der Waals surface area contributed by atoms with Crippen LogP contribution in [-0.4, -0.2) is 30.1 Å². The van der Waals surface area contributed by atoms with Gasteiger partial charge in [-0.3, -0.25) is 4.79 Å². The van der Waals surface area contributed by atoms with Gasteiger partial charge in [0, 0.05) is 24.6 Å². The van der Waals surface area contributed by atoms with Crippen molar-refractivity contribution in [1.29, 1.82) is 0 Å². The van der Waals surface area contributed by atoms with Crippen molar-refractivity contribution in [2.75, 3.05) is 14.2 Å². The van der Waals surface area contributed by atoms with Crippen LogP contribution in [0.1, 0.15) is 27.9 Å². The van der Waals surface area contributed by atoms with Crippen LogP contribution in [0.5, 0.6) is 5.75 Å². The normalized spacial score (nSPS) is 20.1. The maximum atomic E-state index is 12.3. The predicted molar refractivity (Wildman–Crippen MR) is 83.7 cm³/mol. The van der Waals surface area contributed by atoms with E-state index < -0.39 is 5.72 Å². The molecule has 1 aliphatic rings. The molecule has 0 saturated heterocycles. The molecule has 1 N–H and O–H groups in total. The van der Waals surface area contributed by atoms with Gasteiger partial charge >= 0.3 is 0 Å². The van der Waals surface area contributed by atoms with E-state index in [0.29, 0.717) is 24.0 Å². The molecule has 3 rings (SSSR count). The molecule has 1 atom stereocenters. The van der Waals surface area contributed by atoms with Crippen LogP contribution in [0, 0.1) is 0 Å². The Morgan fingerprint density at radius 2 is 1.82 bits per heavy atom. The van der Waals surface area contributed by atoms with Crippen molar-refractivity contribution in [2.24, 2.45) is 0 Å². The third kappa shape index (κ3) is 2.25. The number of amides is 1. The summed E-state index contributed by atoms with van der Waals surface area (Å²) >= 11 is 0. The highest BCUT2D eigenvalue weighted by Crippen LogP contribution is 2.39. The highest BCUT2D eigenvalue weighted by molar-refractivity contribution is 5.99. The second-order valence-electron chi connectivity index (χ2n) is 5.57. The Labute approximate surface area is 130 Å². The monoisotopic (exact) mass is 297 g/mol. The Morgan fingerprint density at radius 1 is 1.14 bits per heavy atom. The summed E-state index contributed by atoms with van der Waals surface area (Å²) in [6, 6.07) is 15.0. The molecule has 22 heavy (non-hydrogen) atoms. The summed E-state index contributed by atoms with van der Waals surface area (Å²) in [5, 5.41) is 11.0. The van der Waals surface area contributed by atoms with E-state index in [1.165, 1.54) is 4.90 Å². The maximum Gasteiger partial charge on any atom is 0.256 e. The van der Waals surface area contributed by atoms with Crippen molar-refractivity contribution < 1.29 is 14.6 Å². The molecule has 0 fully saturated rings. The average Bonchev–Trinajstić information content (AvgIpc) is 2.76. The smallest absolute Gasteiger partial charge is 0.256 e. The summed E-state index contributed by atoms with van der Waals surface area (Å²) in [5.41, 5.74) is 1.13. The summed E-state index contributed by atoms with van der Waals surface area (Å²) in [4.78, 5) is 13.7. The second-order valence-corrected chi connectivity index (χ2v) is 5.57. The number of aliphatic hydroxyl groups is 1. The van der Waals surface area contributed by atoms with Crippen LogP contribution < -0.4 is 4.74 Å². The minimum Gasteiger partial charge on any atom is -0.497 e. The highest BCUT2D eigenvalue weighted by Gasteiger charge is 2.45. The SMILES string of the molecule is COc1ccc(CCC2(O)c3ccccc3C(=O)N2C)cc1. The Balaban J connectivity index is 1.83. The summed E-state index contributed by atoms with van der Waals surface area (Å²) in [6.45, 7) is 0. The molecule has 2 aromatic carbocycles. The molecule has 2 aromatic rings. The molecule has 0 aromatic heterocycles. The number of ether oxygens (including phenoxy) is 1. The third-order valence-corrected chi connectivity index (χ3v) is 4.37. The largest absolute Gasteiger partial charge is 0.497 e. The number of carbonyl (C=O) groups excluding carboxylic acids is 1. The molecular weight excluding hydrogens is 278 g/mol. The van der Waals surface area contributed by atoms with Gasteiger partial charge in [-0.1, -0.05) is 30.3 Å². The summed E-state index contributed by atoms with van der Waals surface area (Å²) < 4.78 is 5.14. The van der Waals surface area contributed by atoms with Crippen molar-refractivity contribution in [3.63, 3.8) is 0 Å². The number of aryl methyl sites for hydroxylation is 1. The van der Waals surface area contributed by atoms with Gasteiger partial charge in [-0.2, -0.15) is 0 Å². The van der Waals surface area contributed by atoms with Crippen LogP contribution in [0.25, 0.3) is 0 Å². The topological polar surface area (TPSA) is 49.8 Å². The van der Waals surface area contributed by atoms with Gasteiger partial charge in [0.05, 0.1) is 7.11 Å². The van der Waals surface area contributed by atoms with Crippen LogP contribution in [0.4, 0.5) is 0 Å². The molecule has 0 aliphatic carbocycles. The zero-order valence-corrected chi connectivity index (χ0v) is 12.7. The van der Waals surface area contributed by atoms with Crippen LogP contribution in [0.15, 0.2) is 48.5 Å². The summed E-state index contributed by atoms with van der Waals surface area (Å²) in [5.74, 6) is 0.675. The van der Waals surface area contributed by atoms with E-state index in [-0.39, 0.29) is 5.91 Å². The van der Waals surface area contributed by atoms with Gasteiger partial charge in [-0.15, -0.1) is 0 Å². The fourth-order valence-corrected chi connectivity index (χ4v) is 2.96. The van der Waals surface area contributed by atoms with Crippen molar-refractivity contribution in [3.8, 4) is 5.75 Å². The van der Waals surface area contributed by atoms with E-state index >= 15 is 0 Å². The first-order valence-corrected chi connectivity index (χ1v) is 7.29. The molecule has 1 heterocycles. The molecule has 0 bridgehead atoms. The predicted octanol–water partition coefficient (Wildman–Crippen LogP) is 2.56. The van der Waals surface area contributed by atoms with Crippen LogP contribution in [-0.2, 0) is 12.1 Å². The molecular formula is C18H19NO3. The van der Waals surface area contributed by atoms with Crippen molar-refractivity contribution in [2.45, 2.75) is 18.6 Å². The van der Waals surface area contributed by atoms with Gasteiger partial charge in [0.15, 0.2) is 5.72 Å². The lowest BCUT2D eigenvalue weighted by molar-refractivity contribution is -0.0781. The van der Waals surface area contributed by atoms with Gasteiger partial charge < -0.3 is 14.7 Å². The van der Waals surface area contributed by atoms with Crippen molar-refractivity contribution in [3.05, 3.63) is 65.2 Å². The molecule has 4 nitrogen and oxygen atoms in total. The van der Waals surface area contributed by atoms with Gasteiger partial charge in [-0.05, 0) is 30.2 Å². The fourth-order valence-electron chi connectivity index (χ4n) is 2.96. The zero-order valence-electron chi connectivity index (χ0n) is 12.7. The van der Waals surface area contributed by atoms with Gasteiger partial charge in [0.1, 0.15) is 5.75 Å². The quantitative estimate of drug-likeness (QED) is 0.943. The standard InChI is InChI=1S/C18H19NO3/c1-19-17(20)15-5-3-4-6-16(15)18(19,21)12-11-13-7-9-14(22-2)10-8-13/h3-10,21H,11-12H2,1-2H3. The zero-order chi connectivity index (χ0) is 15.7. The first-order valence-electron chi connectivity index (χ1n) is 7.29. The molecule has 0 saturated carbocycles. The van der Waals surface area contributed by atoms with Gasteiger partial charge in [-0.25, -0.2) is 0 Å². The summed E-state index contributed by atoms with van der Waals surface area (Å²) in [7, 11) is 3.28. The minimum atomic E-state index is -1.24. The third-order valence-electron chi connectivity index (χ3n) is 4.37. The molecule has 0 radical (unpaired) electrons. The number of hydrogen-bond acceptors (Lipinski definition) is 3. The van der Waals surface area contributed by atoms with Crippen molar-refractivity contribution in [1.82, 2.24) is 4.90 Å². The maximum absolute atomic E-state index is 12.3. The number of hydrogen-bond donors (Lipinski definition) is 1. The first kappa shape index (κ1) is 14.6. The van der Waals surface area contributed by atoms with E-state index in [0.717, 1.165) is 11.3 Å². The Bertz CT molecular complexity index is 696. The van der Waals surface area contributed by atoms with Crippen molar-refractivity contribution >= 4 is 5.91 Å². The fraction of sp³-hybridized carbons (Fsp3) is 0.278. The number of rotatable bonds is 4. The molecule has 1 aliphatic heterocycles. The average molecular weight is 297 g/mol. The lowest BCUT2D eigenvalue weighted by atomic mass is 9.95. The van der Waals surface area contributed by atoms with E-state index in [4.69, 9.17) is 4.74 Å². The van der Waals surface area contributed by atoms with Gasteiger partial charge in [0.25, 0.3) is 5.91 Å². The Morgan fingerprint density at radius 3 is 2.50 bits per heavy atom. The van der Waals surface area contributed by atoms with Crippen LogP contribution in [0.2, 0.25) is 0 Å². The molecule has 1 unspecified atom stereocenters. The van der Waals surface area contributed by atoms with Crippen LogP contribution >= 0.6 is 0 Å². The number of nitrogens with zero attached hydrogens (tertiary/aromatic N) is 1. The number of fused-ring (bicyclic) bond motifs is 1. The first-order chi connectivity index (χ1) is 10.6. The highest BCUT2D eigenvalue weighted by atomic mass is 16.5. The van der Waals surface area contributed by atoms with Crippen LogP contribution in [0.3, 0.4) is 0 Å². The Kier molecular flexibility index (Phi) is 3.62. The number of carbonyl (C=O) groups is 1. The molecule has 4 heteroatoms. The van der Waals surface area contributed by atoms with E-state index in [1.807, 2.05) is 42.5 Å². The van der Waals surface area contributed by atoms with E-state index in [2.05, 4.69) is 0 Å². The number of methoxy groups -OCH3 is 1. The Hall–Kier alpha value is -2.33. The lowest BCUT2D eigenvalue weighted by Crippen LogP contribution is -2.41. The molecule has 1 amide bonds.